The lowest BCUT2D eigenvalue weighted by Crippen LogP contribution is -2.52. The van der Waals surface area contributed by atoms with Gasteiger partial charge in [-0.1, -0.05) is 25.5 Å². The third kappa shape index (κ3) is 7.55. The van der Waals surface area contributed by atoms with Gasteiger partial charge in [-0.05, 0) is 56.4 Å². The first-order valence-corrected chi connectivity index (χ1v) is 13.0. The average Bonchev–Trinajstić information content (AvgIpc) is 2.70. The molecule has 1 heterocycles. The highest BCUT2D eigenvalue weighted by Crippen LogP contribution is 2.16. The molecule has 9 heteroatoms. The molecule has 0 saturated carbocycles. The van der Waals surface area contributed by atoms with Gasteiger partial charge in [0.15, 0.2) is 0 Å². The maximum atomic E-state index is 14.0. The van der Waals surface area contributed by atoms with Crippen molar-refractivity contribution in [1.29, 1.82) is 0 Å². The predicted octanol–water partition coefficient (Wildman–Crippen LogP) is 2.61. The van der Waals surface area contributed by atoms with Crippen molar-refractivity contribution in [3.63, 3.8) is 0 Å². The molecule has 1 aliphatic rings. The summed E-state index contributed by atoms with van der Waals surface area (Å²) < 4.78 is 41.6. The van der Waals surface area contributed by atoms with Crippen molar-refractivity contribution in [2.45, 2.75) is 56.0 Å². The number of sulfonamides is 1. The van der Waals surface area contributed by atoms with Gasteiger partial charge in [0.2, 0.25) is 15.9 Å². The maximum absolute atomic E-state index is 14.0. The molecule has 1 atom stereocenters. The SMILES string of the molecule is CCCCN1CCC(NC(=O)C(CCSC)NS(=O)(=O)c2ccccc2F)CC1. The number of rotatable bonds is 11. The predicted molar refractivity (Wildman–Crippen MR) is 116 cm³/mol. The van der Waals surface area contributed by atoms with Crippen LogP contribution in [0.5, 0.6) is 0 Å². The molecule has 2 rings (SSSR count). The molecule has 1 aromatic rings. The molecule has 0 radical (unpaired) electrons. The summed E-state index contributed by atoms with van der Waals surface area (Å²) in [7, 11) is -4.13. The van der Waals surface area contributed by atoms with E-state index in [9.17, 15) is 17.6 Å². The number of nitrogens with zero attached hydrogens (tertiary/aromatic N) is 1. The van der Waals surface area contributed by atoms with Crippen LogP contribution in [-0.2, 0) is 14.8 Å². The largest absolute Gasteiger partial charge is 0.352 e. The molecule has 1 aromatic carbocycles. The Bertz CT molecular complexity index is 753. The molecular weight excluding hydrogens is 413 g/mol. The van der Waals surface area contributed by atoms with Crippen LogP contribution < -0.4 is 10.0 Å². The summed E-state index contributed by atoms with van der Waals surface area (Å²) in [6, 6.07) is 4.30. The topological polar surface area (TPSA) is 78.5 Å². The number of carbonyl (C=O) groups is 1. The lowest BCUT2D eigenvalue weighted by molar-refractivity contribution is -0.123. The van der Waals surface area contributed by atoms with E-state index >= 15 is 0 Å². The van der Waals surface area contributed by atoms with Crippen molar-refractivity contribution < 1.29 is 17.6 Å². The number of hydrogen-bond acceptors (Lipinski definition) is 5. The third-order valence-corrected chi connectivity index (χ3v) is 7.26. The van der Waals surface area contributed by atoms with Crippen LogP contribution in [0.4, 0.5) is 4.39 Å². The van der Waals surface area contributed by atoms with Crippen LogP contribution in [0.3, 0.4) is 0 Å². The van der Waals surface area contributed by atoms with Crippen molar-refractivity contribution in [3.05, 3.63) is 30.1 Å². The highest BCUT2D eigenvalue weighted by atomic mass is 32.2. The second-order valence-corrected chi connectivity index (χ2v) is 10.0. The fourth-order valence-electron chi connectivity index (χ4n) is 3.38. The number of amides is 1. The van der Waals surface area contributed by atoms with Crippen molar-refractivity contribution in [3.8, 4) is 0 Å². The number of nitrogens with one attached hydrogen (secondary N) is 2. The van der Waals surface area contributed by atoms with Crippen LogP contribution in [0, 0.1) is 5.82 Å². The minimum Gasteiger partial charge on any atom is -0.352 e. The van der Waals surface area contributed by atoms with Gasteiger partial charge < -0.3 is 10.2 Å². The minimum atomic E-state index is -4.13. The van der Waals surface area contributed by atoms with E-state index < -0.39 is 26.8 Å². The molecule has 1 fully saturated rings. The number of carbonyl (C=O) groups excluding carboxylic acids is 1. The van der Waals surface area contributed by atoms with Gasteiger partial charge in [0.25, 0.3) is 0 Å². The number of benzene rings is 1. The summed E-state index contributed by atoms with van der Waals surface area (Å²) in [5.74, 6) is -0.553. The third-order valence-electron chi connectivity index (χ3n) is 5.11. The lowest BCUT2D eigenvalue weighted by atomic mass is 10.0. The molecule has 1 unspecified atom stereocenters. The van der Waals surface area contributed by atoms with Crippen LogP contribution in [0.25, 0.3) is 0 Å². The van der Waals surface area contributed by atoms with E-state index in [0.717, 1.165) is 45.0 Å². The van der Waals surface area contributed by atoms with E-state index in [1.807, 2.05) is 6.26 Å². The lowest BCUT2D eigenvalue weighted by Gasteiger charge is -2.33. The van der Waals surface area contributed by atoms with Gasteiger partial charge in [0.1, 0.15) is 16.8 Å². The molecule has 0 bridgehead atoms. The number of piperidine rings is 1. The number of unbranched alkanes of at least 4 members (excludes halogenated alkanes) is 1. The van der Waals surface area contributed by atoms with Crippen molar-refractivity contribution in [2.75, 3.05) is 31.6 Å². The van der Waals surface area contributed by atoms with E-state index in [2.05, 4.69) is 21.9 Å². The van der Waals surface area contributed by atoms with Gasteiger partial charge in [-0.2, -0.15) is 16.5 Å². The van der Waals surface area contributed by atoms with Crippen LogP contribution in [-0.4, -0.2) is 63.0 Å². The monoisotopic (exact) mass is 445 g/mol. The quantitative estimate of drug-likeness (QED) is 0.547. The summed E-state index contributed by atoms with van der Waals surface area (Å²) in [5, 5.41) is 3.00. The molecule has 164 valence electrons. The summed E-state index contributed by atoms with van der Waals surface area (Å²) in [6.45, 7) is 5.11. The summed E-state index contributed by atoms with van der Waals surface area (Å²) >= 11 is 1.53. The first kappa shape index (κ1) is 24.1. The molecular formula is C20H32FN3O3S2. The normalized spacial score (nSPS) is 17.2. The van der Waals surface area contributed by atoms with Crippen molar-refractivity contribution >= 4 is 27.7 Å². The number of thioether (sulfide) groups is 1. The Labute approximate surface area is 178 Å². The minimum absolute atomic E-state index is 0.0371. The summed E-state index contributed by atoms with van der Waals surface area (Å²) in [6.07, 6.45) is 6.28. The Balaban J connectivity index is 1.99. The van der Waals surface area contributed by atoms with Gasteiger partial charge in [-0.3, -0.25) is 4.79 Å². The number of likely N-dealkylation sites (tertiary alicyclic amines) is 1. The van der Waals surface area contributed by atoms with E-state index in [1.54, 1.807) is 0 Å². The van der Waals surface area contributed by atoms with E-state index in [1.165, 1.54) is 36.4 Å². The zero-order valence-corrected chi connectivity index (χ0v) is 18.8. The van der Waals surface area contributed by atoms with E-state index in [-0.39, 0.29) is 11.9 Å². The smallest absolute Gasteiger partial charge is 0.244 e. The molecule has 1 saturated heterocycles. The fraction of sp³-hybridized carbons (Fsp3) is 0.650. The fourth-order valence-corrected chi connectivity index (χ4v) is 5.16. The van der Waals surface area contributed by atoms with Crippen LogP contribution in [0.2, 0.25) is 0 Å². The second kappa shape index (κ2) is 11.9. The maximum Gasteiger partial charge on any atom is 0.244 e. The van der Waals surface area contributed by atoms with Gasteiger partial charge in [-0.15, -0.1) is 0 Å². The number of halogens is 1. The van der Waals surface area contributed by atoms with Gasteiger partial charge in [0, 0.05) is 19.1 Å². The first-order chi connectivity index (χ1) is 13.9. The standard InChI is InChI=1S/C20H32FN3O3S2/c1-3-4-12-24-13-9-16(10-14-24)22-20(25)18(11-15-28-2)23-29(26,27)19-8-6-5-7-17(19)21/h5-8,16,18,23H,3-4,9-15H2,1-2H3,(H,22,25). The van der Waals surface area contributed by atoms with Gasteiger partial charge in [-0.25, -0.2) is 12.8 Å². The zero-order chi connectivity index (χ0) is 21.3. The van der Waals surface area contributed by atoms with E-state index in [4.69, 9.17) is 0 Å². The molecule has 1 amide bonds. The Morgan fingerprint density at radius 2 is 2.00 bits per heavy atom. The second-order valence-electron chi connectivity index (χ2n) is 7.36. The van der Waals surface area contributed by atoms with Crippen LogP contribution >= 0.6 is 11.8 Å². The Hall–Kier alpha value is -1.16. The molecule has 2 N–H and O–H groups in total. The van der Waals surface area contributed by atoms with Crippen molar-refractivity contribution in [1.82, 2.24) is 14.9 Å². The highest BCUT2D eigenvalue weighted by molar-refractivity contribution is 7.98. The van der Waals surface area contributed by atoms with Crippen LogP contribution in [0.15, 0.2) is 29.2 Å². The summed E-state index contributed by atoms with van der Waals surface area (Å²) in [4.78, 5) is 14.8. The zero-order valence-electron chi connectivity index (χ0n) is 17.2. The summed E-state index contributed by atoms with van der Waals surface area (Å²) in [5.41, 5.74) is 0. The number of hydrogen-bond donors (Lipinski definition) is 2. The molecule has 29 heavy (non-hydrogen) atoms. The van der Waals surface area contributed by atoms with Gasteiger partial charge >= 0.3 is 0 Å². The Morgan fingerprint density at radius 1 is 1.31 bits per heavy atom. The molecule has 0 spiro atoms. The van der Waals surface area contributed by atoms with Crippen molar-refractivity contribution in [2.24, 2.45) is 0 Å². The Kier molecular flexibility index (Phi) is 9.88. The van der Waals surface area contributed by atoms with Gasteiger partial charge in [0.05, 0.1) is 0 Å². The Morgan fingerprint density at radius 3 is 2.62 bits per heavy atom. The highest BCUT2D eigenvalue weighted by Gasteiger charge is 2.29. The molecule has 0 aliphatic carbocycles. The molecule has 6 nitrogen and oxygen atoms in total. The molecule has 0 aromatic heterocycles. The average molecular weight is 446 g/mol. The van der Waals surface area contributed by atoms with E-state index in [0.29, 0.717) is 12.2 Å². The first-order valence-electron chi connectivity index (χ1n) is 10.2. The molecule has 1 aliphatic heterocycles. The van der Waals surface area contributed by atoms with Crippen LogP contribution in [0.1, 0.15) is 39.0 Å².